The Morgan fingerprint density at radius 1 is 1.36 bits per heavy atom. The van der Waals surface area contributed by atoms with Crippen molar-refractivity contribution in [3.8, 4) is 0 Å². The fraction of sp³-hybridized carbons (Fsp3) is 0.455. The van der Waals surface area contributed by atoms with Crippen LogP contribution in [0.3, 0.4) is 0 Å². The van der Waals surface area contributed by atoms with Gasteiger partial charge in [-0.15, -0.1) is 12.4 Å². The number of aryl methyl sites for hydroxylation is 2. The van der Waals surface area contributed by atoms with Crippen LogP contribution in [-0.2, 0) is 5.54 Å². The van der Waals surface area contributed by atoms with E-state index in [0.29, 0.717) is 0 Å². The fourth-order valence-corrected chi connectivity index (χ4v) is 1.54. The van der Waals surface area contributed by atoms with Crippen LogP contribution < -0.4 is 5.73 Å². The van der Waals surface area contributed by atoms with E-state index < -0.39 is 5.54 Å². The highest BCUT2D eigenvalue weighted by Gasteiger charge is 2.21. The Labute approximate surface area is 91.5 Å². The van der Waals surface area contributed by atoms with Gasteiger partial charge in [0.2, 0.25) is 0 Å². The number of hydrogen-bond acceptors (Lipinski definition) is 2. The topological polar surface area (TPSA) is 46.2 Å². The van der Waals surface area contributed by atoms with Crippen LogP contribution in [0.1, 0.15) is 23.6 Å². The maximum absolute atomic E-state index is 9.12. The molecule has 0 aliphatic heterocycles. The molecular formula is C11H18ClNO. The van der Waals surface area contributed by atoms with E-state index in [4.69, 9.17) is 10.8 Å². The van der Waals surface area contributed by atoms with Crippen LogP contribution in [0.25, 0.3) is 0 Å². The predicted molar refractivity (Wildman–Crippen MR) is 61.8 cm³/mol. The molecule has 0 aliphatic rings. The summed E-state index contributed by atoms with van der Waals surface area (Å²) in [6.45, 7) is 5.87. The van der Waals surface area contributed by atoms with Crippen molar-refractivity contribution in [2.75, 3.05) is 6.61 Å². The molecule has 0 fully saturated rings. The minimum absolute atomic E-state index is 0. The van der Waals surface area contributed by atoms with Crippen molar-refractivity contribution >= 4 is 12.4 Å². The molecule has 3 N–H and O–H groups in total. The molecule has 0 heterocycles. The van der Waals surface area contributed by atoms with E-state index in [2.05, 4.69) is 6.07 Å². The molecule has 1 rings (SSSR count). The van der Waals surface area contributed by atoms with Crippen LogP contribution >= 0.6 is 12.4 Å². The number of benzene rings is 1. The van der Waals surface area contributed by atoms with Gasteiger partial charge in [0.15, 0.2) is 0 Å². The Bertz CT molecular complexity index is 310. The molecule has 1 aromatic rings. The first-order valence-corrected chi connectivity index (χ1v) is 4.45. The van der Waals surface area contributed by atoms with Gasteiger partial charge in [-0.2, -0.15) is 0 Å². The predicted octanol–water partition coefficient (Wildman–Crippen LogP) is 1.89. The number of aliphatic hydroxyl groups excluding tert-OH is 1. The summed E-state index contributed by atoms with van der Waals surface area (Å²) in [4.78, 5) is 0. The molecule has 0 spiro atoms. The van der Waals surface area contributed by atoms with Gasteiger partial charge < -0.3 is 10.8 Å². The lowest BCUT2D eigenvalue weighted by Crippen LogP contribution is -2.37. The summed E-state index contributed by atoms with van der Waals surface area (Å²) in [6.07, 6.45) is 0. The first-order valence-electron chi connectivity index (χ1n) is 4.45. The van der Waals surface area contributed by atoms with Gasteiger partial charge in [-0.25, -0.2) is 0 Å². The van der Waals surface area contributed by atoms with Crippen LogP contribution in [-0.4, -0.2) is 11.7 Å². The van der Waals surface area contributed by atoms with E-state index in [-0.39, 0.29) is 19.0 Å². The SMILES string of the molecule is Cc1ccc(C(C)(N)CO)c(C)c1.Cl. The smallest absolute Gasteiger partial charge is 0.0650 e. The van der Waals surface area contributed by atoms with Crippen molar-refractivity contribution in [1.82, 2.24) is 0 Å². The Hall–Kier alpha value is -0.570. The Morgan fingerprint density at radius 2 is 1.93 bits per heavy atom. The zero-order valence-corrected chi connectivity index (χ0v) is 9.69. The quantitative estimate of drug-likeness (QED) is 0.792. The lowest BCUT2D eigenvalue weighted by molar-refractivity contribution is 0.209. The third-order valence-corrected chi connectivity index (χ3v) is 2.33. The van der Waals surface area contributed by atoms with Gasteiger partial charge in [0, 0.05) is 0 Å². The summed E-state index contributed by atoms with van der Waals surface area (Å²) in [7, 11) is 0. The number of hydrogen-bond donors (Lipinski definition) is 2. The summed E-state index contributed by atoms with van der Waals surface area (Å²) in [5.41, 5.74) is 8.68. The van der Waals surface area contributed by atoms with Gasteiger partial charge in [0.1, 0.15) is 0 Å². The fourth-order valence-electron chi connectivity index (χ4n) is 1.54. The Kier molecular flexibility index (Phi) is 4.59. The third kappa shape index (κ3) is 2.71. The molecule has 14 heavy (non-hydrogen) atoms. The largest absolute Gasteiger partial charge is 0.394 e. The highest BCUT2D eigenvalue weighted by Crippen LogP contribution is 2.21. The zero-order chi connectivity index (χ0) is 10.1. The lowest BCUT2D eigenvalue weighted by atomic mass is 9.89. The standard InChI is InChI=1S/C11H17NO.ClH/c1-8-4-5-10(9(2)6-8)11(3,12)7-13;/h4-6,13H,7,12H2,1-3H3;1H. The van der Waals surface area contributed by atoms with E-state index in [1.807, 2.05) is 32.9 Å². The van der Waals surface area contributed by atoms with E-state index in [9.17, 15) is 0 Å². The van der Waals surface area contributed by atoms with Crippen molar-refractivity contribution in [2.24, 2.45) is 5.73 Å². The lowest BCUT2D eigenvalue weighted by Gasteiger charge is -2.24. The van der Waals surface area contributed by atoms with Crippen molar-refractivity contribution in [3.63, 3.8) is 0 Å². The molecule has 80 valence electrons. The summed E-state index contributed by atoms with van der Waals surface area (Å²) >= 11 is 0. The molecule has 1 atom stereocenters. The summed E-state index contributed by atoms with van der Waals surface area (Å²) in [5, 5.41) is 9.12. The number of aliphatic hydroxyl groups is 1. The Balaban J connectivity index is 0.00000169. The molecule has 0 radical (unpaired) electrons. The molecule has 0 saturated heterocycles. The highest BCUT2D eigenvalue weighted by atomic mass is 35.5. The average Bonchev–Trinajstić information content (AvgIpc) is 2.03. The van der Waals surface area contributed by atoms with E-state index in [1.165, 1.54) is 5.56 Å². The summed E-state index contributed by atoms with van der Waals surface area (Å²) < 4.78 is 0. The van der Waals surface area contributed by atoms with Crippen molar-refractivity contribution in [2.45, 2.75) is 26.3 Å². The van der Waals surface area contributed by atoms with Gasteiger partial charge in [0.25, 0.3) is 0 Å². The maximum Gasteiger partial charge on any atom is 0.0650 e. The minimum Gasteiger partial charge on any atom is -0.394 e. The van der Waals surface area contributed by atoms with Crippen LogP contribution in [0, 0.1) is 13.8 Å². The minimum atomic E-state index is -0.627. The molecule has 0 bridgehead atoms. The second-order valence-corrected chi connectivity index (χ2v) is 3.89. The molecule has 0 amide bonds. The number of halogens is 1. The zero-order valence-electron chi connectivity index (χ0n) is 8.87. The summed E-state index contributed by atoms with van der Waals surface area (Å²) in [5.74, 6) is 0. The molecular weight excluding hydrogens is 198 g/mol. The second-order valence-electron chi connectivity index (χ2n) is 3.89. The second kappa shape index (κ2) is 4.78. The van der Waals surface area contributed by atoms with Crippen LogP contribution in [0.2, 0.25) is 0 Å². The molecule has 1 unspecified atom stereocenters. The van der Waals surface area contributed by atoms with Gasteiger partial charge in [-0.1, -0.05) is 23.8 Å². The van der Waals surface area contributed by atoms with Gasteiger partial charge in [0.05, 0.1) is 12.1 Å². The van der Waals surface area contributed by atoms with E-state index in [0.717, 1.165) is 11.1 Å². The molecule has 0 aromatic heterocycles. The average molecular weight is 216 g/mol. The van der Waals surface area contributed by atoms with Crippen LogP contribution in [0.4, 0.5) is 0 Å². The number of nitrogens with two attached hydrogens (primary N) is 1. The van der Waals surface area contributed by atoms with Crippen molar-refractivity contribution < 1.29 is 5.11 Å². The maximum atomic E-state index is 9.12. The van der Waals surface area contributed by atoms with Crippen LogP contribution in [0.15, 0.2) is 18.2 Å². The molecule has 1 aromatic carbocycles. The Morgan fingerprint density at radius 3 is 2.36 bits per heavy atom. The first kappa shape index (κ1) is 13.4. The number of rotatable bonds is 2. The molecule has 0 aliphatic carbocycles. The molecule has 3 heteroatoms. The van der Waals surface area contributed by atoms with E-state index >= 15 is 0 Å². The first-order chi connectivity index (χ1) is 5.97. The monoisotopic (exact) mass is 215 g/mol. The molecule has 0 saturated carbocycles. The van der Waals surface area contributed by atoms with Crippen molar-refractivity contribution in [1.29, 1.82) is 0 Å². The van der Waals surface area contributed by atoms with E-state index in [1.54, 1.807) is 0 Å². The highest BCUT2D eigenvalue weighted by molar-refractivity contribution is 5.85. The van der Waals surface area contributed by atoms with Crippen molar-refractivity contribution in [3.05, 3.63) is 34.9 Å². The molecule has 2 nitrogen and oxygen atoms in total. The van der Waals surface area contributed by atoms with Crippen LogP contribution in [0.5, 0.6) is 0 Å². The van der Waals surface area contributed by atoms with Gasteiger partial charge in [-0.05, 0) is 31.9 Å². The van der Waals surface area contributed by atoms with Gasteiger partial charge in [-0.3, -0.25) is 0 Å². The third-order valence-electron chi connectivity index (χ3n) is 2.33. The van der Waals surface area contributed by atoms with Gasteiger partial charge >= 0.3 is 0 Å². The normalized spacial score (nSPS) is 14.4. The summed E-state index contributed by atoms with van der Waals surface area (Å²) in [6, 6.07) is 6.08.